The Hall–Kier alpha value is -2.55. The van der Waals surface area contributed by atoms with Crippen LogP contribution in [-0.4, -0.2) is 78.8 Å². The number of carbonyl (C=O) groups is 1. The van der Waals surface area contributed by atoms with E-state index in [-0.39, 0.29) is 5.91 Å². The second-order valence-electron chi connectivity index (χ2n) is 9.73. The lowest BCUT2D eigenvalue weighted by atomic mass is 10.1. The molecule has 186 valence electrons. The third kappa shape index (κ3) is 5.82. The van der Waals surface area contributed by atoms with E-state index in [1.165, 1.54) is 5.56 Å². The molecule has 0 aliphatic carbocycles. The summed E-state index contributed by atoms with van der Waals surface area (Å²) in [6.07, 6.45) is 2.00. The molecule has 4 atom stereocenters. The second-order valence-corrected chi connectivity index (χ2v) is 9.73. The first-order chi connectivity index (χ1) is 17.0. The van der Waals surface area contributed by atoms with Crippen LogP contribution in [-0.2, 0) is 30.3 Å². The van der Waals surface area contributed by atoms with Crippen molar-refractivity contribution in [2.45, 2.75) is 50.8 Å². The molecule has 5 rings (SSSR count). The lowest BCUT2D eigenvalue weighted by Crippen LogP contribution is -2.54. The topological polar surface area (TPSA) is 60.5 Å². The van der Waals surface area contributed by atoms with Crippen LogP contribution in [0.4, 0.5) is 0 Å². The molecule has 2 aromatic rings. The van der Waals surface area contributed by atoms with Crippen molar-refractivity contribution in [3.05, 3.63) is 77.9 Å². The van der Waals surface area contributed by atoms with E-state index in [0.717, 1.165) is 25.2 Å². The zero-order valence-corrected chi connectivity index (χ0v) is 20.4. The number of hydrogen-bond acceptors (Lipinski definition) is 6. The normalized spacial score (nSPS) is 28.5. The molecule has 0 N–H and O–H groups in total. The van der Waals surface area contributed by atoms with E-state index in [2.05, 4.69) is 29.2 Å². The zero-order chi connectivity index (χ0) is 24.3. The number of rotatable bonds is 7. The van der Waals surface area contributed by atoms with Crippen LogP contribution in [0.3, 0.4) is 0 Å². The number of nitrogens with zero attached hydrogens (tertiary/aromatic N) is 2. The highest BCUT2D eigenvalue weighted by Gasteiger charge is 2.58. The first-order valence-corrected chi connectivity index (χ1v) is 12.4. The summed E-state index contributed by atoms with van der Waals surface area (Å²) in [5.41, 5.74) is 2.23. The van der Waals surface area contributed by atoms with Gasteiger partial charge in [0, 0.05) is 32.7 Å². The third-order valence-electron chi connectivity index (χ3n) is 6.68. The van der Waals surface area contributed by atoms with Gasteiger partial charge in [0.05, 0.1) is 6.61 Å². The molecular weight excluding hydrogens is 444 g/mol. The fourth-order valence-electron chi connectivity index (χ4n) is 4.86. The minimum absolute atomic E-state index is 0.0538. The number of ether oxygens (including phenoxy) is 4. The van der Waals surface area contributed by atoms with Gasteiger partial charge in [-0.05, 0) is 25.0 Å². The molecule has 7 nitrogen and oxygen atoms in total. The van der Waals surface area contributed by atoms with E-state index in [4.69, 9.17) is 18.9 Å². The minimum atomic E-state index is -0.767. The summed E-state index contributed by atoms with van der Waals surface area (Å²) >= 11 is 0. The molecule has 0 aromatic heterocycles. The number of piperazine rings is 1. The van der Waals surface area contributed by atoms with Gasteiger partial charge in [0.25, 0.3) is 5.91 Å². The van der Waals surface area contributed by atoms with Crippen LogP contribution >= 0.6 is 0 Å². The van der Waals surface area contributed by atoms with Crippen molar-refractivity contribution in [2.24, 2.45) is 0 Å². The molecule has 2 aromatic carbocycles. The third-order valence-corrected chi connectivity index (χ3v) is 6.68. The average Bonchev–Trinajstić information content (AvgIpc) is 3.35. The molecule has 0 bridgehead atoms. The molecule has 7 heteroatoms. The number of hydrogen-bond donors (Lipinski definition) is 0. The van der Waals surface area contributed by atoms with Crippen LogP contribution < -0.4 is 0 Å². The maximum absolute atomic E-state index is 13.5. The van der Waals surface area contributed by atoms with E-state index in [1.54, 1.807) is 0 Å². The quantitative estimate of drug-likeness (QED) is 0.609. The summed E-state index contributed by atoms with van der Waals surface area (Å²) in [6.45, 7) is 7.90. The van der Waals surface area contributed by atoms with Crippen molar-refractivity contribution < 1.29 is 23.7 Å². The Balaban J connectivity index is 1.18. The van der Waals surface area contributed by atoms with Gasteiger partial charge in [-0.1, -0.05) is 72.8 Å². The molecule has 3 heterocycles. The van der Waals surface area contributed by atoms with E-state index in [0.29, 0.717) is 19.7 Å². The van der Waals surface area contributed by atoms with Crippen LogP contribution in [0.2, 0.25) is 0 Å². The molecule has 3 aliphatic rings. The predicted molar refractivity (Wildman–Crippen MR) is 132 cm³/mol. The minimum Gasteiger partial charge on any atom is -0.367 e. The summed E-state index contributed by atoms with van der Waals surface area (Å²) < 4.78 is 24.3. The van der Waals surface area contributed by atoms with Crippen LogP contribution in [0, 0.1) is 0 Å². The van der Waals surface area contributed by atoms with Crippen molar-refractivity contribution in [2.75, 3.05) is 32.7 Å². The Morgan fingerprint density at radius 3 is 2.40 bits per heavy atom. The molecule has 1 amide bonds. The van der Waals surface area contributed by atoms with E-state index < -0.39 is 30.4 Å². The van der Waals surface area contributed by atoms with Gasteiger partial charge in [0.2, 0.25) is 0 Å². The smallest absolute Gasteiger partial charge is 0.254 e. The molecule has 0 unspecified atom stereocenters. The fourth-order valence-corrected chi connectivity index (χ4v) is 4.86. The number of benzene rings is 2. The van der Waals surface area contributed by atoms with Gasteiger partial charge in [0.1, 0.15) is 12.2 Å². The van der Waals surface area contributed by atoms with E-state index in [1.807, 2.05) is 67.3 Å². The van der Waals surface area contributed by atoms with E-state index in [9.17, 15) is 4.79 Å². The Bertz CT molecular complexity index is 1000. The molecule has 35 heavy (non-hydrogen) atoms. The lowest BCUT2D eigenvalue weighted by Gasteiger charge is -2.36. The summed E-state index contributed by atoms with van der Waals surface area (Å²) in [7, 11) is 0. The predicted octanol–water partition coefficient (Wildman–Crippen LogP) is 3.31. The van der Waals surface area contributed by atoms with Crippen molar-refractivity contribution in [1.29, 1.82) is 0 Å². The highest BCUT2D eigenvalue weighted by atomic mass is 16.8. The van der Waals surface area contributed by atoms with Crippen molar-refractivity contribution in [3.63, 3.8) is 0 Å². The summed E-state index contributed by atoms with van der Waals surface area (Å²) in [5.74, 6) is -0.821. The van der Waals surface area contributed by atoms with Gasteiger partial charge >= 0.3 is 0 Å². The highest BCUT2D eigenvalue weighted by Crippen LogP contribution is 2.39. The number of fused-ring (bicyclic) bond motifs is 1. The highest BCUT2D eigenvalue weighted by molar-refractivity contribution is 5.82. The van der Waals surface area contributed by atoms with Crippen LogP contribution in [0.1, 0.15) is 25.0 Å². The SMILES string of the molecule is CC1(C)O[C@H]2O[C@H](C(=O)N3CCN(C/C=C/c4ccccc4)CC3)[C@H](OCc3ccccc3)[C@H]2O1. The monoisotopic (exact) mass is 478 g/mol. The Morgan fingerprint density at radius 1 is 1.00 bits per heavy atom. The maximum Gasteiger partial charge on any atom is 0.254 e. The van der Waals surface area contributed by atoms with E-state index >= 15 is 0 Å². The maximum atomic E-state index is 13.5. The first-order valence-electron chi connectivity index (χ1n) is 12.4. The summed E-state index contributed by atoms with van der Waals surface area (Å²) in [6, 6.07) is 20.2. The van der Waals surface area contributed by atoms with Gasteiger partial charge in [-0.25, -0.2) is 0 Å². The molecule has 3 saturated heterocycles. The van der Waals surface area contributed by atoms with Crippen LogP contribution in [0.5, 0.6) is 0 Å². The molecule has 0 spiro atoms. The Morgan fingerprint density at radius 2 is 1.69 bits per heavy atom. The molecule has 3 aliphatic heterocycles. The lowest BCUT2D eigenvalue weighted by molar-refractivity contribution is -0.221. The Kier molecular flexibility index (Phi) is 7.32. The largest absolute Gasteiger partial charge is 0.367 e. The average molecular weight is 479 g/mol. The van der Waals surface area contributed by atoms with Gasteiger partial charge in [-0.3, -0.25) is 9.69 Å². The van der Waals surface area contributed by atoms with Crippen LogP contribution in [0.15, 0.2) is 66.7 Å². The van der Waals surface area contributed by atoms with Crippen molar-refractivity contribution in [3.8, 4) is 0 Å². The standard InChI is InChI=1S/C28H34N2O5/c1-28(2)34-25-23(32-20-22-12-7-4-8-13-22)24(33-27(25)35-28)26(31)30-18-16-29(17-19-30)15-9-14-21-10-5-3-6-11-21/h3-14,23-25,27H,15-20H2,1-2H3/b14-9+/t23-,24-,25+,27+/m0/s1. The van der Waals surface area contributed by atoms with Gasteiger partial charge < -0.3 is 23.8 Å². The molecule has 3 fully saturated rings. The first kappa shape index (κ1) is 24.2. The summed E-state index contributed by atoms with van der Waals surface area (Å²) in [5, 5.41) is 0. The number of carbonyl (C=O) groups excluding carboxylic acids is 1. The van der Waals surface area contributed by atoms with Crippen molar-refractivity contribution >= 4 is 12.0 Å². The zero-order valence-electron chi connectivity index (χ0n) is 20.4. The van der Waals surface area contributed by atoms with Crippen molar-refractivity contribution in [1.82, 2.24) is 9.80 Å². The molecule has 0 saturated carbocycles. The molecular formula is C28H34N2O5. The van der Waals surface area contributed by atoms with Gasteiger partial charge in [-0.2, -0.15) is 0 Å². The fraction of sp³-hybridized carbons (Fsp3) is 0.464. The molecule has 0 radical (unpaired) electrons. The Labute approximate surface area is 207 Å². The van der Waals surface area contributed by atoms with Gasteiger partial charge in [-0.15, -0.1) is 0 Å². The van der Waals surface area contributed by atoms with Gasteiger partial charge in [0.15, 0.2) is 18.2 Å². The summed E-state index contributed by atoms with van der Waals surface area (Å²) in [4.78, 5) is 17.7. The number of amides is 1. The second kappa shape index (κ2) is 10.6. The van der Waals surface area contributed by atoms with Crippen LogP contribution in [0.25, 0.3) is 6.08 Å².